The Morgan fingerprint density at radius 2 is 1.87 bits per heavy atom. The van der Waals surface area contributed by atoms with Gasteiger partial charge >= 0.3 is 5.97 Å². The number of thiazole rings is 1. The molecule has 0 spiro atoms. The molecule has 0 bridgehead atoms. The highest BCUT2D eigenvalue weighted by atomic mass is 32.1. The second kappa shape index (κ2) is 11.8. The normalized spacial score (nSPS) is 18.4. The number of aliphatic carboxylic acids is 1. The van der Waals surface area contributed by atoms with Crippen molar-refractivity contribution < 1.29 is 14.7 Å². The number of aryl methyl sites for hydroxylation is 2. The van der Waals surface area contributed by atoms with Crippen LogP contribution in [0.15, 0.2) is 30.6 Å². The summed E-state index contributed by atoms with van der Waals surface area (Å²) in [6, 6.07) is 6.99. The second-order valence-corrected chi connectivity index (χ2v) is 11.7. The maximum atomic E-state index is 13.1. The quantitative estimate of drug-likeness (QED) is 0.398. The number of anilines is 2. The van der Waals surface area contributed by atoms with E-state index in [1.54, 1.807) is 6.20 Å². The third-order valence-electron chi connectivity index (χ3n) is 8.05. The Morgan fingerprint density at radius 3 is 2.54 bits per heavy atom. The molecule has 0 saturated carbocycles. The van der Waals surface area contributed by atoms with Crippen LogP contribution in [0.2, 0.25) is 0 Å². The molecule has 0 radical (unpaired) electrons. The standard InChI is InChI=1S/C29H36N6O3S/c1-4-22-6-5-11-35(22)17-24-26(21-8-7-18(2)19(3)14-21)32-29(39-24)33-27(36)23-15-31-25(16-30-23)34-12-9-20(10-13-34)28(37)38/h7-8,14-16,20,22H,4-6,9-13,17H2,1-3H3,(H,37,38)(H,32,33,36)/t22-/m1/s1. The lowest BCUT2D eigenvalue weighted by Crippen LogP contribution is -2.36. The molecule has 2 aliphatic heterocycles. The van der Waals surface area contributed by atoms with Gasteiger partial charge in [-0.3, -0.25) is 19.8 Å². The molecule has 10 heteroatoms. The zero-order chi connectivity index (χ0) is 27.5. The Kier molecular flexibility index (Phi) is 8.23. The zero-order valence-electron chi connectivity index (χ0n) is 22.8. The van der Waals surface area contributed by atoms with Crippen molar-refractivity contribution in [3.05, 3.63) is 52.3 Å². The van der Waals surface area contributed by atoms with Gasteiger partial charge in [0.15, 0.2) is 5.13 Å². The summed E-state index contributed by atoms with van der Waals surface area (Å²) in [5.74, 6) is -0.753. The van der Waals surface area contributed by atoms with E-state index in [2.05, 4.69) is 59.2 Å². The maximum Gasteiger partial charge on any atom is 0.306 e. The van der Waals surface area contributed by atoms with Crippen LogP contribution in [0.4, 0.5) is 10.9 Å². The topological polar surface area (TPSA) is 112 Å². The van der Waals surface area contributed by atoms with Gasteiger partial charge in [-0.15, -0.1) is 0 Å². The highest BCUT2D eigenvalue weighted by molar-refractivity contribution is 7.16. The van der Waals surface area contributed by atoms with E-state index in [4.69, 9.17) is 4.98 Å². The number of carbonyl (C=O) groups is 2. The molecule has 2 aliphatic rings. The average molecular weight is 549 g/mol. The first-order valence-electron chi connectivity index (χ1n) is 13.7. The van der Waals surface area contributed by atoms with Gasteiger partial charge < -0.3 is 10.0 Å². The van der Waals surface area contributed by atoms with Crippen molar-refractivity contribution in [3.8, 4) is 11.3 Å². The molecule has 3 aromatic rings. The van der Waals surface area contributed by atoms with Crippen molar-refractivity contribution in [1.29, 1.82) is 0 Å². The second-order valence-electron chi connectivity index (χ2n) is 10.6. The van der Waals surface area contributed by atoms with Gasteiger partial charge in [-0.05, 0) is 69.7 Å². The Bertz CT molecular complexity index is 1330. The van der Waals surface area contributed by atoms with Gasteiger partial charge in [0.2, 0.25) is 0 Å². The molecule has 1 aromatic carbocycles. The first kappa shape index (κ1) is 27.2. The zero-order valence-corrected chi connectivity index (χ0v) is 23.6. The Morgan fingerprint density at radius 1 is 1.08 bits per heavy atom. The van der Waals surface area contributed by atoms with Crippen LogP contribution in [0.3, 0.4) is 0 Å². The third-order valence-corrected chi connectivity index (χ3v) is 9.01. The monoisotopic (exact) mass is 548 g/mol. The molecule has 2 fully saturated rings. The fraction of sp³-hybridized carbons (Fsp3) is 0.483. The summed E-state index contributed by atoms with van der Waals surface area (Å²) in [4.78, 5) is 43.7. The number of piperidine rings is 1. The molecule has 0 aliphatic carbocycles. The lowest BCUT2D eigenvalue weighted by Gasteiger charge is -2.30. The van der Waals surface area contributed by atoms with E-state index in [9.17, 15) is 14.7 Å². The number of hydrogen-bond donors (Lipinski definition) is 2. The highest BCUT2D eigenvalue weighted by Gasteiger charge is 2.27. The minimum Gasteiger partial charge on any atom is -0.481 e. The van der Waals surface area contributed by atoms with Crippen LogP contribution in [0.25, 0.3) is 11.3 Å². The predicted octanol–water partition coefficient (Wildman–Crippen LogP) is 5.14. The van der Waals surface area contributed by atoms with Crippen LogP contribution in [0, 0.1) is 19.8 Å². The molecule has 2 aromatic heterocycles. The van der Waals surface area contributed by atoms with Gasteiger partial charge in [0.25, 0.3) is 5.91 Å². The molecule has 4 heterocycles. The van der Waals surface area contributed by atoms with Gasteiger partial charge in [0.05, 0.1) is 24.0 Å². The number of carbonyl (C=O) groups excluding carboxylic acids is 1. The number of rotatable bonds is 8. The maximum absolute atomic E-state index is 13.1. The van der Waals surface area contributed by atoms with Crippen molar-refractivity contribution in [2.45, 2.75) is 65.5 Å². The molecule has 2 saturated heterocycles. The Hall–Kier alpha value is -3.37. The van der Waals surface area contributed by atoms with Crippen LogP contribution >= 0.6 is 11.3 Å². The molecule has 9 nitrogen and oxygen atoms in total. The molecule has 39 heavy (non-hydrogen) atoms. The Labute approximate surface area is 233 Å². The number of benzene rings is 1. The smallest absolute Gasteiger partial charge is 0.306 e. The fourth-order valence-electron chi connectivity index (χ4n) is 5.50. The Balaban J connectivity index is 1.32. The van der Waals surface area contributed by atoms with Gasteiger partial charge in [0.1, 0.15) is 11.5 Å². The summed E-state index contributed by atoms with van der Waals surface area (Å²) in [6.07, 6.45) is 7.78. The first-order valence-corrected chi connectivity index (χ1v) is 14.6. The van der Waals surface area contributed by atoms with E-state index in [0.717, 1.165) is 35.6 Å². The number of hydrogen-bond acceptors (Lipinski definition) is 8. The molecule has 0 unspecified atom stereocenters. The van der Waals surface area contributed by atoms with Crippen molar-refractivity contribution in [3.63, 3.8) is 0 Å². The van der Waals surface area contributed by atoms with Gasteiger partial charge in [-0.25, -0.2) is 15.0 Å². The summed E-state index contributed by atoms with van der Waals surface area (Å²) < 4.78 is 0. The van der Waals surface area contributed by atoms with E-state index in [1.807, 2.05) is 4.90 Å². The minimum absolute atomic E-state index is 0.217. The lowest BCUT2D eigenvalue weighted by molar-refractivity contribution is -0.142. The summed E-state index contributed by atoms with van der Waals surface area (Å²) in [5, 5.41) is 12.7. The summed E-state index contributed by atoms with van der Waals surface area (Å²) in [7, 11) is 0. The number of amides is 1. The van der Waals surface area contributed by atoms with Crippen molar-refractivity contribution in [1.82, 2.24) is 19.9 Å². The van der Waals surface area contributed by atoms with E-state index in [0.29, 0.717) is 42.9 Å². The fourth-order valence-corrected chi connectivity index (χ4v) is 6.50. The summed E-state index contributed by atoms with van der Waals surface area (Å²) >= 11 is 1.53. The molecule has 2 N–H and O–H groups in total. The number of carboxylic acids is 1. The summed E-state index contributed by atoms with van der Waals surface area (Å²) in [5.41, 5.74) is 4.66. The minimum atomic E-state index is -0.746. The molecule has 1 amide bonds. The van der Waals surface area contributed by atoms with Gasteiger partial charge in [-0.1, -0.05) is 30.4 Å². The van der Waals surface area contributed by atoms with Gasteiger partial charge in [0, 0.05) is 36.1 Å². The molecule has 5 rings (SSSR count). The van der Waals surface area contributed by atoms with Crippen LogP contribution in [0.5, 0.6) is 0 Å². The van der Waals surface area contributed by atoms with Gasteiger partial charge in [-0.2, -0.15) is 0 Å². The number of nitrogens with one attached hydrogen (secondary N) is 1. The van der Waals surface area contributed by atoms with Crippen LogP contribution in [-0.2, 0) is 11.3 Å². The third kappa shape index (κ3) is 6.12. The molecule has 206 valence electrons. The predicted molar refractivity (Wildman–Crippen MR) is 153 cm³/mol. The van der Waals surface area contributed by atoms with Crippen LogP contribution in [-0.4, -0.2) is 62.5 Å². The molecular formula is C29H36N6O3S. The van der Waals surface area contributed by atoms with Crippen molar-refractivity contribution in [2.24, 2.45) is 5.92 Å². The SMILES string of the molecule is CC[C@@H]1CCCN1Cc1sc(NC(=O)c2cnc(N3CCC(C(=O)O)CC3)cn2)nc1-c1ccc(C)c(C)c1. The molecule has 1 atom stereocenters. The average Bonchev–Trinajstić information content (AvgIpc) is 3.57. The summed E-state index contributed by atoms with van der Waals surface area (Å²) in [6.45, 7) is 9.58. The number of likely N-dealkylation sites (tertiary alicyclic amines) is 1. The number of carboxylic acid groups (broad SMARTS) is 1. The van der Waals surface area contributed by atoms with E-state index in [-0.39, 0.29) is 17.5 Å². The first-order chi connectivity index (χ1) is 18.8. The van der Waals surface area contributed by atoms with E-state index < -0.39 is 5.97 Å². The number of nitrogens with zero attached hydrogens (tertiary/aromatic N) is 5. The van der Waals surface area contributed by atoms with E-state index >= 15 is 0 Å². The van der Waals surface area contributed by atoms with Crippen molar-refractivity contribution >= 4 is 34.2 Å². The van der Waals surface area contributed by atoms with Crippen LogP contribution < -0.4 is 10.2 Å². The largest absolute Gasteiger partial charge is 0.481 e. The molecular weight excluding hydrogens is 512 g/mol. The lowest BCUT2D eigenvalue weighted by atomic mass is 9.97. The van der Waals surface area contributed by atoms with E-state index in [1.165, 1.54) is 41.5 Å². The van der Waals surface area contributed by atoms with Crippen molar-refractivity contribution in [2.75, 3.05) is 29.9 Å². The highest BCUT2D eigenvalue weighted by Crippen LogP contribution is 2.35. The number of aromatic nitrogens is 3. The van der Waals surface area contributed by atoms with Crippen LogP contribution in [0.1, 0.15) is 65.5 Å².